The minimum Gasteiger partial charge on any atom is -0.383 e. The van der Waals surface area contributed by atoms with Crippen molar-refractivity contribution >= 4 is 21.7 Å². The zero-order valence-electron chi connectivity index (χ0n) is 11.6. The fourth-order valence-corrected chi connectivity index (χ4v) is 3.29. The third-order valence-electron chi connectivity index (χ3n) is 3.89. The largest absolute Gasteiger partial charge is 0.383 e. The Balaban J connectivity index is 2.03. The highest BCUT2D eigenvalue weighted by Crippen LogP contribution is 2.37. The zero-order valence-corrected chi connectivity index (χ0v) is 13.2. The molecule has 2 N–H and O–H groups in total. The molecule has 1 aliphatic rings. The van der Waals surface area contributed by atoms with Crippen LogP contribution < -0.4 is 5.73 Å². The number of nitrogens with two attached hydrogens (primary N) is 1. The third kappa shape index (κ3) is 2.33. The van der Waals surface area contributed by atoms with E-state index in [1.807, 2.05) is 0 Å². The van der Waals surface area contributed by atoms with Gasteiger partial charge in [-0.05, 0) is 46.3 Å². The van der Waals surface area contributed by atoms with E-state index in [2.05, 4.69) is 52.1 Å². The van der Waals surface area contributed by atoms with Gasteiger partial charge in [-0.25, -0.2) is 9.97 Å². The predicted octanol–water partition coefficient (Wildman–Crippen LogP) is 3.85. The monoisotopic (exact) mass is 331 g/mol. The Morgan fingerprint density at radius 2 is 2.10 bits per heavy atom. The summed E-state index contributed by atoms with van der Waals surface area (Å²) >= 11 is 3.51. The second-order valence-corrected chi connectivity index (χ2v) is 6.06. The molecule has 20 heavy (non-hydrogen) atoms. The normalized spacial score (nSPS) is 17.2. The number of anilines is 1. The van der Waals surface area contributed by atoms with Gasteiger partial charge in [-0.3, -0.25) is 0 Å². The summed E-state index contributed by atoms with van der Waals surface area (Å²) in [7, 11) is 0. The van der Waals surface area contributed by atoms with Crippen molar-refractivity contribution in [2.45, 2.75) is 38.5 Å². The van der Waals surface area contributed by atoms with Gasteiger partial charge in [0, 0.05) is 5.92 Å². The molecule has 1 unspecified atom stereocenters. The lowest BCUT2D eigenvalue weighted by molar-refractivity contribution is 0.713. The van der Waals surface area contributed by atoms with E-state index in [-0.39, 0.29) is 5.92 Å². The number of hydrogen-bond acceptors (Lipinski definition) is 3. The molecule has 1 atom stereocenters. The van der Waals surface area contributed by atoms with E-state index in [9.17, 15) is 0 Å². The second kappa shape index (κ2) is 5.52. The number of nitrogen functional groups attached to an aromatic ring is 1. The molecule has 0 amide bonds. The van der Waals surface area contributed by atoms with Crippen LogP contribution in [0.25, 0.3) is 0 Å². The summed E-state index contributed by atoms with van der Waals surface area (Å²) < 4.78 is 0.856. The number of aryl methyl sites for hydroxylation is 2. The quantitative estimate of drug-likeness (QED) is 0.929. The first kappa shape index (κ1) is 13.6. The molecule has 1 heterocycles. The molecule has 4 heteroatoms. The zero-order chi connectivity index (χ0) is 14.1. The lowest BCUT2D eigenvalue weighted by Gasteiger charge is -2.14. The number of rotatable bonds is 3. The lowest BCUT2D eigenvalue weighted by atomic mass is 10.0. The van der Waals surface area contributed by atoms with Gasteiger partial charge in [0.15, 0.2) is 0 Å². The smallest absolute Gasteiger partial charge is 0.141 e. The Morgan fingerprint density at radius 1 is 1.30 bits per heavy atom. The van der Waals surface area contributed by atoms with Crippen LogP contribution in [0.5, 0.6) is 0 Å². The molecule has 1 aromatic carbocycles. The van der Waals surface area contributed by atoms with Gasteiger partial charge in [0.05, 0.1) is 10.2 Å². The molecule has 0 saturated heterocycles. The van der Waals surface area contributed by atoms with Crippen LogP contribution in [0.3, 0.4) is 0 Å². The first-order valence-electron chi connectivity index (χ1n) is 7.10. The number of fused-ring (bicyclic) bond motifs is 1. The summed E-state index contributed by atoms with van der Waals surface area (Å²) in [6.45, 7) is 2.15. The number of benzene rings is 1. The van der Waals surface area contributed by atoms with Crippen LogP contribution in [-0.4, -0.2) is 9.97 Å². The predicted molar refractivity (Wildman–Crippen MR) is 84.7 cm³/mol. The van der Waals surface area contributed by atoms with Crippen LogP contribution in [0, 0.1) is 0 Å². The average molecular weight is 332 g/mol. The summed E-state index contributed by atoms with van der Waals surface area (Å²) in [5.41, 5.74) is 9.84. The van der Waals surface area contributed by atoms with E-state index in [0.717, 1.165) is 41.7 Å². The molecule has 2 aromatic rings. The molecule has 0 aliphatic heterocycles. The molecular formula is C16H18BrN3. The van der Waals surface area contributed by atoms with E-state index in [4.69, 9.17) is 10.7 Å². The Labute approximate surface area is 127 Å². The van der Waals surface area contributed by atoms with E-state index < -0.39 is 0 Å². The first-order valence-corrected chi connectivity index (χ1v) is 7.89. The van der Waals surface area contributed by atoms with E-state index in [1.165, 1.54) is 11.1 Å². The molecule has 1 aromatic heterocycles. The maximum Gasteiger partial charge on any atom is 0.141 e. The fourth-order valence-electron chi connectivity index (χ4n) is 2.92. The highest BCUT2D eigenvalue weighted by Gasteiger charge is 2.26. The Bertz CT molecular complexity index is 640. The van der Waals surface area contributed by atoms with Gasteiger partial charge in [0.25, 0.3) is 0 Å². The van der Waals surface area contributed by atoms with Crippen molar-refractivity contribution in [3.63, 3.8) is 0 Å². The van der Waals surface area contributed by atoms with E-state index >= 15 is 0 Å². The van der Waals surface area contributed by atoms with Crippen molar-refractivity contribution in [3.05, 3.63) is 51.4 Å². The SMILES string of the molecule is CCCc1nc(C2CCc3ccccc32)nc(N)c1Br. The highest BCUT2D eigenvalue weighted by atomic mass is 79.9. The van der Waals surface area contributed by atoms with Gasteiger partial charge in [0.1, 0.15) is 11.6 Å². The van der Waals surface area contributed by atoms with Crippen LogP contribution >= 0.6 is 15.9 Å². The molecule has 0 saturated carbocycles. The van der Waals surface area contributed by atoms with Gasteiger partial charge in [-0.15, -0.1) is 0 Å². The number of aromatic nitrogens is 2. The topological polar surface area (TPSA) is 51.8 Å². The van der Waals surface area contributed by atoms with Crippen molar-refractivity contribution in [1.82, 2.24) is 9.97 Å². The third-order valence-corrected chi connectivity index (χ3v) is 4.76. The van der Waals surface area contributed by atoms with Gasteiger partial charge < -0.3 is 5.73 Å². The molecule has 0 radical (unpaired) electrons. The summed E-state index contributed by atoms with van der Waals surface area (Å²) in [5.74, 6) is 1.72. The maximum atomic E-state index is 6.04. The molecule has 0 spiro atoms. The van der Waals surface area contributed by atoms with Gasteiger partial charge in [-0.1, -0.05) is 37.6 Å². The first-order chi connectivity index (χ1) is 9.70. The van der Waals surface area contributed by atoms with Crippen LogP contribution in [-0.2, 0) is 12.8 Å². The van der Waals surface area contributed by atoms with E-state index in [1.54, 1.807) is 0 Å². The van der Waals surface area contributed by atoms with Crippen LogP contribution in [0.1, 0.15) is 48.3 Å². The molecule has 0 fully saturated rings. The number of halogens is 1. The maximum absolute atomic E-state index is 6.04. The van der Waals surface area contributed by atoms with Crippen molar-refractivity contribution in [3.8, 4) is 0 Å². The minimum atomic E-state index is 0.289. The Hall–Kier alpha value is -1.42. The highest BCUT2D eigenvalue weighted by molar-refractivity contribution is 9.10. The van der Waals surface area contributed by atoms with Crippen LogP contribution in [0.4, 0.5) is 5.82 Å². The van der Waals surface area contributed by atoms with Crippen molar-refractivity contribution in [2.24, 2.45) is 0 Å². The second-order valence-electron chi connectivity index (χ2n) is 5.27. The molecule has 1 aliphatic carbocycles. The van der Waals surface area contributed by atoms with Crippen LogP contribution in [0.2, 0.25) is 0 Å². The number of nitrogens with zero attached hydrogens (tertiary/aromatic N) is 2. The van der Waals surface area contributed by atoms with Crippen LogP contribution in [0.15, 0.2) is 28.7 Å². The fraction of sp³-hybridized carbons (Fsp3) is 0.375. The summed E-state index contributed by atoms with van der Waals surface area (Å²) in [4.78, 5) is 9.28. The van der Waals surface area contributed by atoms with Gasteiger partial charge >= 0.3 is 0 Å². The Kier molecular flexibility index (Phi) is 3.74. The average Bonchev–Trinajstić information content (AvgIpc) is 2.88. The minimum absolute atomic E-state index is 0.289. The summed E-state index contributed by atoms with van der Waals surface area (Å²) in [5, 5.41) is 0. The van der Waals surface area contributed by atoms with Crippen molar-refractivity contribution < 1.29 is 0 Å². The van der Waals surface area contributed by atoms with Crippen molar-refractivity contribution in [2.75, 3.05) is 5.73 Å². The summed E-state index contributed by atoms with van der Waals surface area (Å²) in [6.07, 6.45) is 4.15. The molecule has 104 valence electrons. The lowest BCUT2D eigenvalue weighted by Crippen LogP contribution is -2.09. The van der Waals surface area contributed by atoms with Crippen molar-refractivity contribution in [1.29, 1.82) is 0 Å². The Morgan fingerprint density at radius 3 is 2.90 bits per heavy atom. The molecular weight excluding hydrogens is 314 g/mol. The van der Waals surface area contributed by atoms with Gasteiger partial charge in [-0.2, -0.15) is 0 Å². The molecule has 3 nitrogen and oxygen atoms in total. The number of hydrogen-bond donors (Lipinski definition) is 1. The molecule has 3 rings (SSSR count). The van der Waals surface area contributed by atoms with E-state index in [0.29, 0.717) is 5.82 Å². The summed E-state index contributed by atoms with van der Waals surface area (Å²) in [6, 6.07) is 8.57. The standard InChI is InChI=1S/C16H18BrN3/c1-2-5-13-14(17)15(18)20-16(19-13)12-9-8-10-6-3-4-7-11(10)12/h3-4,6-7,12H,2,5,8-9H2,1H3,(H2,18,19,20). The van der Waals surface area contributed by atoms with Gasteiger partial charge in [0.2, 0.25) is 0 Å². The molecule has 0 bridgehead atoms.